The molecule has 0 saturated carbocycles. The number of halogens is 1. The van der Waals surface area contributed by atoms with Gasteiger partial charge in [0.25, 0.3) is 0 Å². The van der Waals surface area contributed by atoms with Gasteiger partial charge in [0.15, 0.2) is 5.75 Å². The molecule has 2 rings (SSSR count). The van der Waals surface area contributed by atoms with E-state index < -0.39 is 0 Å². The molecule has 4 heteroatoms. The zero-order valence-corrected chi connectivity index (χ0v) is 11.8. The van der Waals surface area contributed by atoms with Crippen LogP contribution in [0, 0.1) is 6.92 Å². The molecule has 0 aliphatic heterocycles. The summed E-state index contributed by atoms with van der Waals surface area (Å²) in [5.74, 6) is 2.13. The molecule has 0 atom stereocenters. The van der Waals surface area contributed by atoms with Crippen molar-refractivity contribution in [3.63, 3.8) is 0 Å². The molecule has 0 aliphatic carbocycles. The maximum absolute atomic E-state index is 5.91. The van der Waals surface area contributed by atoms with E-state index in [1.165, 1.54) is 0 Å². The van der Waals surface area contributed by atoms with Crippen LogP contribution in [0.2, 0.25) is 0 Å². The molecular weight excluding hydrogens is 294 g/mol. The fourth-order valence-electron chi connectivity index (χ4n) is 1.59. The van der Waals surface area contributed by atoms with E-state index in [9.17, 15) is 0 Å². The van der Waals surface area contributed by atoms with Gasteiger partial charge in [-0.1, -0.05) is 15.9 Å². The lowest BCUT2D eigenvalue weighted by Crippen LogP contribution is -1.94. The number of aryl methyl sites for hydroxylation is 1. The van der Waals surface area contributed by atoms with E-state index in [1.807, 2.05) is 31.2 Å². The zero-order valence-electron chi connectivity index (χ0n) is 10.2. The molecule has 0 radical (unpaired) electrons. The quantitative estimate of drug-likeness (QED) is 0.867. The second-order valence-electron chi connectivity index (χ2n) is 3.92. The molecule has 0 unspecified atom stereocenters. The molecule has 0 amide bonds. The molecule has 2 aromatic carbocycles. The lowest BCUT2D eigenvalue weighted by atomic mass is 10.2. The van der Waals surface area contributed by atoms with Crippen molar-refractivity contribution in [3.8, 4) is 17.2 Å². The van der Waals surface area contributed by atoms with Crippen molar-refractivity contribution in [2.45, 2.75) is 6.92 Å². The van der Waals surface area contributed by atoms with Crippen LogP contribution in [0.1, 0.15) is 5.56 Å². The Labute approximate surface area is 115 Å². The summed E-state index contributed by atoms with van der Waals surface area (Å²) in [6.45, 7) is 1.99. The van der Waals surface area contributed by atoms with Crippen LogP contribution in [0.25, 0.3) is 0 Å². The standard InChI is InChI=1S/C14H14BrNO2/c1-9-7-10(15)3-5-13(9)18-14-6-4-11(17-2)8-12(14)16/h3-8H,16H2,1-2H3. The summed E-state index contributed by atoms with van der Waals surface area (Å²) in [7, 11) is 1.61. The summed E-state index contributed by atoms with van der Waals surface area (Å²) in [6.07, 6.45) is 0. The maximum Gasteiger partial charge on any atom is 0.150 e. The third kappa shape index (κ3) is 2.76. The van der Waals surface area contributed by atoms with E-state index in [4.69, 9.17) is 15.2 Å². The monoisotopic (exact) mass is 307 g/mol. The molecule has 0 heterocycles. The Hall–Kier alpha value is -1.68. The highest BCUT2D eigenvalue weighted by molar-refractivity contribution is 9.10. The van der Waals surface area contributed by atoms with Crippen molar-refractivity contribution in [1.82, 2.24) is 0 Å². The van der Waals surface area contributed by atoms with Gasteiger partial charge in [-0.3, -0.25) is 0 Å². The summed E-state index contributed by atoms with van der Waals surface area (Å²) >= 11 is 3.42. The number of anilines is 1. The molecule has 0 saturated heterocycles. The van der Waals surface area contributed by atoms with Gasteiger partial charge in [0, 0.05) is 10.5 Å². The summed E-state index contributed by atoms with van der Waals surface area (Å²) in [5.41, 5.74) is 7.50. The SMILES string of the molecule is COc1ccc(Oc2ccc(Br)cc2C)c(N)c1. The van der Waals surface area contributed by atoms with E-state index >= 15 is 0 Å². The summed E-state index contributed by atoms with van der Waals surface area (Å²) in [6, 6.07) is 11.2. The molecule has 0 spiro atoms. The molecular formula is C14H14BrNO2. The van der Waals surface area contributed by atoms with Crippen LogP contribution in [-0.4, -0.2) is 7.11 Å². The van der Waals surface area contributed by atoms with Gasteiger partial charge in [-0.2, -0.15) is 0 Å². The first-order valence-corrected chi connectivity index (χ1v) is 6.27. The number of nitrogen functional groups attached to an aromatic ring is 1. The number of ether oxygens (including phenoxy) is 2. The predicted octanol–water partition coefficient (Wildman–Crippen LogP) is 4.14. The maximum atomic E-state index is 5.91. The molecule has 94 valence electrons. The normalized spacial score (nSPS) is 10.2. The fraction of sp³-hybridized carbons (Fsp3) is 0.143. The van der Waals surface area contributed by atoms with Crippen LogP contribution < -0.4 is 15.2 Å². The van der Waals surface area contributed by atoms with Gasteiger partial charge < -0.3 is 15.2 Å². The molecule has 18 heavy (non-hydrogen) atoms. The van der Waals surface area contributed by atoms with E-state index in [2.05, 4.69) is 15.9 Å². The molecule has 0 aromatic heterocycles. The van der Waals surface area contributed by atoms with Crippen LogP contribution in [0.4, 0.5) is 5.69 Å². The van der Waals surface area contributed by atoms with Gasteiger partial charge in [0.05, 0.1) is 12.8 Å². The fourth-order valence-corrected chi connectivity index (χ4v) is 2.07. The van der Waals surface area contributed by atoms with Gasteiger partial charge in [0.1, 0.15) is 11.5 Å². The number of hydrogen-bond acceptors (Lipinski definition) is 3. The Balaban J connectivity index is 2.28. The molecule has 2 N–H and O–H groups in total. The van der Waals surface area contributed by atoms with Crippen molar-refractivity contribution in [1.29, 1.82) is 0 Å². The van der Waals surface area contributed by atoms with Crippen molar-refractivity contribution in [2.75, 3.05) is 12.8 Å². The number of nitrogens with two attached hydrogens (primary N) is 1. The number of benzene rings is 2. The van der Waals surface area contributed by atoms with Crippen molar-refractivity contribution in [2.24, 2.45) is 0 Å². The molecule has 0 aliphatic rings. The van der Waals surface area contributed by atoms with Crippen LogP contribution in [-0.2, 0) is 0 Å². The minimum Gasteiger partial charge on any atom is -0.497 e. The van der Waals surface area contributed by atoms with E-state index in [1.54, 1.807) is 19.2 Å². The number of hydrogen-bond donors (Lipinski definition) is 1. The lowest BCUT2D eigenvalue weighted by molar-refractivity contribution is 0.413. The van der Waals surface area contributed by atoms with Crippen LogP contribution in [0.15, 0.2) is 40.9 Å². The zero-order chi connectivity index (χ0) is 13.1. The second kappa shape index (κ2) is 5.31. The summed E-state index contributed by atoms with van der Waals surface area (Å²) in [5, 5.41) is 0. The smallest absolute Gasteiger partial charge is 0.150 e. The number of methoxy groups -OCH3 is 1. The van der Waals surface area contributed by atoms with Gasteiger partial charge in [-0.25, -0.2) is 0 Å². The molecule has 3 nitrogen and oxygen atoms in total. The second-order valence-corrected chi connectivity index (χ2v) is 4.83. The van der Waals surface area contributed by atoms with E-state index in [0.29, 0.717) is 17.2 Å². The van der Waals surface area contributed by atoms with Crippen molar-refractivity contribution >= 4 is 21.6 Å². The van der Waals surface area contributed by atoms with Crippen molar-refractivity contribution in [3.05, 3.63) is 46.4 Å². The Morgan fingerprint density at radius 1 is 1.06 bits per heavy atom. The Bertz CT molecular complexity index is 570. The Kier molecular flexibility index (Phi) is 3.77. The summed E-state index contributed by atoms with van der Waals surface area (Å²) in [4.78, 5) is 0. The Morgan fingerprint density at radius 3 is 2.39 bits per heavy atom. The first-order valence-electron chi connectivity index (χ1n) is 5.47. The van der Waals surface area contributed by atoms with Gasteiger partial charge in [-0.05, 0) is 42.8 Å². The van der Waals surface area contributed by atoms with E-state index in [-0.39, 0.29) is 0 Å². The van der Waals surface area contributed by atoms with Crippen molar-refractivity contribution < 1.29 is 9.47 Å². The molecule has 0 bridgehead atoms. The first-order chi connectivity index (χ1) is 8.60. The average Bonchev–Trinajstić information content (AvgIpc) is 2.34. The third-order valence-electron chi connectivity index (χ3n) is 2.57. The topological polar surface area (TPSA) is 44.5 Å². The highest BCUT2D eigenvalue weighted by atomic mass is 79.9. The number of rotatable bonds is 3. The summed E-state index contributed by atoms with van der Waals surface area (Å²) < 4.78 is 11.9. The van der Waals surface area contributed by atoms with Gasteiger partial charge >= 0.3 is 0 Å². The van der Waals surface area contributed by atoms with Gasteiger partial charge in [0.2, 0.25) is 0 Å². The van der Waals surface area contributed by atoms with Crippen LogP contribution >= 0.6 is 15.9 Å². The highest BCUT2D eigenvalue weighted by Crippen LogP contribution is 2.32. The predicted molar refractivity (Wildman–Crippen MR) is 76.4 cm³/mol. The van der Waals surface area contributed by atoms with Crippen LogP contribution in [0.5, 0.6) is 17.2 Å². The average molecular weight is 308 g/mol. The minimum absolute atomic E-state index is 0.552. The minimum atomic E-state index is 0.552. The highest BCUT2D eigenvalue weighted by Gasteiger charge is 2.06. The lowest BCUT2D eigenvalue weighted by Gasteiger charge is -2.11. The Morgan fingerprint density at radius 2 is 1.78 bits per heavy atom. The molecule has 0 fully saturated rings. The van der Waals surface area contributed by atoms with Gasteiger partial charge in [-0.15, -0.1) is 0 Å². The van der Waals surface area contributed by atoms with E-state index in [0.717, 1.165) is 15.8 Å². The molecule has 2 aromatic rings. The van der Waals surface area contributed by atoms with Crippen LogP contribution in [0.3, 0.4) is 0 Å². The third-order valence-corrected chi connectivity index (χ3v) is 3.07. The largest absolute Gasteiger partial charge is 0.497 e. The first kappa shape index (κ1) is 12.8.